The molecule has 1 aromatic carbocycles. The van der Waals surface area contributed by atoms with Crippen LogP contribution < -0.4 is 5.32 Å². The van der Waals surface area contributed by atoms with Crippen LogP contribution >= 0.6 is 11.6 Å². The van der Waals surface area contributed by atoms with Crippen LogP contribution in [0.15, 0.2) is 12.1 Å². The van der Waals surface area contributed by atoms with E-state index in [9.17, 15) is 18.4 Å². The van der Waals surface area contributed by atoms with Crippen LogP contribution in [0.25, 0.3) is 11.4 Å². The number of alkyl halides is 2. The quantitative estimate of drug-likeness (QED) is 0.621. The zero-order valence-electron chi connectivity index (χ0n) is 21.8. The fraction of sp³-hybridized carbons (Fsp3) is 0.577. The lowest BCUT2D eigenvalue weighted by molar-refractivity contribution is -0.136. The second-order valence-corrected chi connectivity index (χ2v) is 11.6. The Bertz CT molecular complexity index is 1220. The zero-order chi connectivity index (χ0) is 27.3. The lowest BCUT2D eigenvalue weighted by atomic mass is 9.85. The smallest absolute Gasteiger partial charge is 0.272 e. The number of halogens is 4. The Labute approximate surface area is 220 Å². The molecule has 3 heterocycles. The molecule has 7 nitrogen and oxygen atoms in total. The summed E-state index contributed by atoms with van der Waals surface area (Å²) in [5.41, 5.74) is 0.688. The van der Waals surface area contributed by atoms with Crippen LogP contribution in [0, 0.1) is 18.2 Å². The number of amides is 2. The maximum atomic E-state index is 15.0. The second-order valence-electron chi connectivity index (χ2n) is 11.2. The maximum absolute atomic E-state index is 15.0. The molecule has 1 fully saturated rings. The normalized spacial score (nSPS) is 18.9. The van der Waals surface area contributed by atoms with Gasteiger partial charge in [0, 0.05) is 31.1 Å². The predicted molar refractivity (Wildman–Crippen MR) is 135 cm³/mol. The summed E-state index contributed by atoms with van der Waals surface area (Å²) in [7, 11) is 1.92. The van der Waals surface area contributed by atoms with Crippen LogP contribution in [0.3, 0.4) is 0 Å². The lowest BCUT2D eigenvalue weighted by Crippen LogP contribution is -2.54. The summed E-state index contributed by atoms with van der Waals surface area (Å²) in [6.07, 6.45) is 0.361. The Hall–Kier alpha value is -2.59. The highest BCUT2D eigenvalue weighted by molar-refractivity contribution is 6.31. The van der Waals surface area contributed by atoms with Gasteiger partial charge in [-0.1, -0.05) is 32.4 Å². The number of benzene rings is 1. The van der Waals surface area contributed by atoms with Gasteiger partial charge in [-0.15, -0.1) is 0 Å². The van der Waals surface area contributed by atoms with Crippen molar-refractivity contribution in [3.63, 3.8) is 0 Å². The van der Waals surface area contributed by atoms with Crippen LogP contribution in [0.4, 0.5) is 13.2 Å². The molecule has 2 aromatic rings. The number of likely N-dealkylation sites (tertiary alicyclic amines) is 1. The Balaban J connectivity index is 1.73. The van der Waals surface area contributed by atoms with E-state index >= 15 is 4.39 Å². The van der Waals surface area contributed by atoms with Crippen molar-refractivity contribution in [1.29, 1.82) is 0 Å². The van der Waals surface area contributed by atoms with E-state index in [2.05, 4.69) is 10.3 Å². The first-order valence-electron chi connectivity index (χ1n) is 12.4. The Morgan fingerprint density at radius 2 is 1.89 bits per heavy atom. The van der Waals surface area contributed by atoms with Crippen molar-refractivity contribution >= 4 is 23.4 Å². The van der Waals surface area contributed by atoms with E-state index in [0.29, 0.717) is 29.4 Å². The number of rotatable bonds is 4. The van der Waals surface area contributed by atoms with Crippen molar-refractivity contribution in [3.8, 4) is 11.4 Å². The molecule has 0 radical (unpaired) electrons. The number of hydrogen-bond acceptors (Lipinski definition) is 4. The molecule has 0 bridgehead atoms. The number of nitrogens with one attached hydrogen (secondary N) is 1. The second kappa shape index (κ2) is 9.94. The van der Waals surface area contributed by atoms with Crippen molar-refractivity contribution in [1.82, 2.24) is 24.7 Å². The number of hydrogen-bond donors (Lipinski definition) is 1. The van der Waals surface area contributed by atoms with Gasteiger partial charge in [0.1, 0.15) is 17.7 Å². The molecule has 0 saturated carbocycles. The van der Waals surface area contributed by atoms with E-state index in [1.54, 1.807) is 27.7 Å². The first kappa shape index (κ1) is 27.4. The molecule has 1 unspecified atom stereocenters. The molecule has 11 heteroatoms. The molecule has 2 aliphatic rings. The van der Waals surface area contributed by atoms with Crippen LogP contribution in [0.2, 0.25) is 5.02 Å². The summed E-state index contributed by atoms with van der Waals surface area (Å²) < 4.78 is 44.5. The fourth-order valence-electron chi connectivity index (χ4n) is 4.88. The molecule has 1 atom stereocenters. The van der Waals surface area contributed by atoms with Crippen molar-refractivity contribution in [2.75, 3.05) is 26.7 Å². The van der Waals surface area contributed by atoms with Crippen LogP contribution in [-0.2, 0) is 17.9 Å². The summed E-state index contributed by atoms with van der Waals surface area (Å²) in [5.74, 6) is -4.33. The molecule has 37 heavy (non-hydrogen) atoms. The van der Waals surface area contributed by atoms with Crippen molar-refractivity contribution in [2.45, 2.75) is 65.6 Å². The average Bonchev–Trinajstić information content (AvgIpc) is 3.26. The summed E-state index contributed by atoms with van der Waals surface area (Å²) >= 11 is 6.29. The van der Waals surface area contributed by atoms with Gasteiger partial charge >= 0.3 is 0 Å². The fourth-order valence-corrected chi connectivity index (χ4v) is 5.04. The third-order valence-corrected chi connectivity index (χ3v) is 7.40. The Morgan fingerprint density at radius 3 is 2.51 bits per heavy atom. The Morgan fingerprint density at radius 1 is 1.19 bits per heavy atom. The topological polar surface area (TPSA) is 70.5 Å². The highest BCUT2D eigenvalue weighted by Crippen LogP contribution is 2.33. The van der Waals surface area contributed by atoms with Gasteiger partial charge in [-0.2, -0.15) is 0 Å². The van der Waals surface area contributed by atoms with E-state index in [1.807, 2.05) is 16.5 Å². The van der Waals surface area contributed by atoms with E-state index in [-0.39, 0.29) is 23.6 Å². The number of carbonyl (C=O) groups is 2. The number of fused-ring (bicyclic) bond motifs is 1. The van der Waals surface area contributed by atoms with E-state index in [1.165, 1.54) is 12.1 Å². The molecule has 4 rings (SSSR count). The van der Waals surface area contributed by atoms with Crippen molar-refractivity contribution in [2.24, 2.45) is 5.41 Å². The van der Waals surface area contributed by atoms with Gasteiger partial charge in [0.05, 0.1) is 17.8 Å². The molecular formula is C26H33ClF3N5O2. The van der Waals surface area contributed by atoms with Crippen LogP contribution in [-0.4, -0.2) is 69.8 Å². The van der Waals surface area contributed by atoms with E-state index in [4.69, 9.17) is 11.6 Å². The van der Waals surface area contributed by atoms with Gasteiger partial charge in [0.25, 0.3) is 11.8 Å². The zero-order valence-corrected chi connectivity index (χ0v) is 22.6. The van der Waals surface area contributed by atoms with Crippen LogP contribution in [0.5, 0.6) is 0 Å². The van der Waals surface area contributed by atoms with Gasteiger partial charge in [-0.25, -0.2) is 18.2 Å². The average molecular weight is 540 g/mol. The first-order chi connectivity index (χ1) is 17.2. The van der Waals surface area contributed by atoms with Gasteiger partial charge in [0.15, 0.2) is 5.69 Å². The molecule has 0 aliphatic carbocycles. The van der Waals surface area contributed by atoms with Gasteiger partial charge in [-0.3, -0.25) is 9.59 Å². The highest BCUT2D eigenvalue weighted by Gasteiger charge is 2.45. The maximum Gasteiger partial charge on any atom is 0.272 e. The SMILES string of the molecule is Cc1cc(F)c(-c2nc(C(=O)NC(C(=O)N3CCC(F)(F)C3)C(C)(C)C)c3n2CCCN(C)C3)cc1Cl. The third kappa shape index (κ3) is 5.65. The number of aromatic nitrogens is 2. The van der Waals surface area contributed by atoms with Crippen molar-refractivity contribution < 1.29 is 22.8 Å². The minimum Gasteiger partial charge on any atom is -0.338 e. The molecule has 2 aliphatic heterocycles. The summed E-state index contributed by atoms with van der Waals surface area (Å²) in [5, 5.41) is 3.15. The minimum absolute atomic E-state index is 0.0729. The van der Waals surface area contributed by atoms with E-state index in [0.717, 1.165) is 17.9 Å². The number of imidazole rings is 1. The number of nitrogens with zero attached hydrogens (tertiary/aromatic N) is 4. The molecular weight excluding hydrogens is 507 g/mol. The molecule has 1 aromatic heterocycles. The summed E-state index contributed by atoms with van der Waals surface area (Å²) in [6, 6.07) is 1.79. The van der Waals surface area contributed by atoms with Gasteiger partial charge in [0.2, 0.25) is 5.91 Å². The van der Waals surface area contributed by atoms with Gasteiger partial charge in [-0.05, 0) is 50.0 Å². The molecule has 1 saturated heterocycles. The standard InChI is InChI=1S/C26H33ClF3N5O2/c1-15-11-18(28)16(12-17(15)27)22-31-20(19-13-33(5)8-6-9-35(19)22)23(36)32-21(25(2,3)4)24(37)34-10-7-26(29,30)14-34/h11-12,21H,6-10,13-14H2,1-5H3,(H,32,36). The van der Waals surface area contributed by atoms with Gasteiger partial charge < -0.3 is 19.7 Å². The number of carbonyl (C=O) groups excluding carboxylic acids is 2. The van der Waals surface area contributed by atoms with Crippen LogP contribution in [0.1, 0.15) is 55.4 Å². The monoisotopic (exact) mass is 539 g/mol. The largest absolute Gasteiger partial charge is 0.338 e. The highest BCUT2D eigenvalue weighted by atomic mass is 35.5. The summed E-state index contributed by atoms with van der Waals surface area (Å²) in [6.45, 7) is 7.93. The molecule has 202 valence electrons. The number of aryl methyl sites for hydroxylation is 1. The molecule has 0 spiro atoms. The Kier molecular flexibility index (Phi) is 7.38. The minimum atomic E-state index is -2.94. The molecule has 2 amide bonds. The lowest BCUT2D eigenvalue weighted by Gasteiger charge is -2.33. The summed E-state index contributed by atoms with van der Waals surface area (Å²) in [4.78, 5) is 34.6. The third-order valence-electron chi connectivity index (χ3n) is 6.99. The first-order valence-corrected chi connectivity index (χ1v) is 12.8. The molecule has 1 N–H and O–H groups in total. The van der Waals surface area contributed by atoms with Crippen molar-refractivity contribution in [3.05, 3.63) is 39.9 Å². The predicted octanol–water partition coefficient (Wildman–Crippen LogP) is 4.50. The van der Waals surface area contributed by atoms with E-state index < -0.39 is 48.0 Å².